The van der Waals surface area contributed by atoms with Gasteiger partial charge in [-0.05, 0) is 19.1 Å². The summed E-state index contributed by atoms with van der Waals surface area (Å²) < 4.78 is 22.9. The van der Waals surface area contributed by atoms with Crippen molar-refractivity contribution < 1.29 is 13.2 Å². The molecular weight excluding hydrogens is 254 g/mol. The van der Waals surface area contributed by atoms with Crippen molar-refractivity contribution in [3.05, 3.63) is 24.0 Å². The quantitative estimate of drug-likeness (QED) is 0.770. The normalized spacial score (nSPS) is 22.7. The molecule has 6 nitrogen and oxygen atoms in total. The van der Waals surface area contributed by atoms with Gasteiger partial charge >= 0.3 is 0 Å². The number of sulfone groups is 1. The van der Waals surface area contributed by atoms with Crippen molar-refractivity contribution in [2.75, 3.05) is 23.8 Å². The highest BCUT2D eigenvalue weighted by Gasteiger charge is 2.32. The second kappa shape index (κ2) is 4.56. The van der Waals surface area contributed by atoms with E-state index in [-0.39, 0.29) is 35.7 Å². The number of aromatic nitrogens is 1. The van der Waals surface area contributed by atoms with E-state index in [9.17, 15) is 13.2 Å². The van der Waals surface area contributed by atoms with Crippen molar-refractivity contribution in [1.82, 2.24) is 9.88 Å². The van der Waals surface area contributed by atoms with Crippen LogP contribution in [-0.2, 0) is 9.84 Å². The summed E-state index contributed by atoms with van der Waals surface area (Å²) in [6.45, 7) is 1.93. The second-order valence-electron chi connectivity index (χ2n) is 4.44. The summed E-state index contributed by atoms with van der Waals surface area (Å²) in [7, 11) is -3.03. The van der Waals surface area contributed by atoms with Gasteiger partial charge in [-0.3, -0.25) is 9.78 Å². The van der Waals surface area contributed by atoms with Crippen molar-refractivity contribution in [3.8, 4) is 0 Å². The topological polar surface area (TPSA) is 93.4 Å². The van der Waals surface area contributed by atoms with E-state index in [1.54, 1.807) is 13.0 Å². The lowest BCUT2D eigenvalue weighted by Gasteiger charge is -2.32. The number of hydrogen-bond acceptors (Lipinski definition) is 5. The molecular formula is C11H15N3O3S. The van der Waals surface area contributed by atoms with Crippen LogP contribution in [0.1, 0.15) is 17.4 Å². The number of rotatable bonds is 1. The highest BCUT2D eigenvalue weighted by Crippen LogP contribution is 2.15. The highest BCUT2D eigenvalue weighted by molar-refractivity contribution is 7.91. The molecule has 98 valence electrons. The van der Waals surface area contributed by atoms with Gasteiger partial charge in [-0.2, -0.15) is 0 Å². The average Bonchev–Trinajstić information content (AvgIpc) is 2.27. The van der Waals surface area contributed by atoms with E-state index in [1.165, 1.54) is 17.2 Å². The summed E-state index contributed by atoms with van der Waals surface area (Å²) in [5, 5.41) is 0. The predicted molar refractivity (Wildman–Crippen MR) is 67.8 cm³/mol. The highest BCUT2D eigenvalue weighted by atomic mass is 32.2. The maximum Gasteiger partial charge on any atom is 0.272 e. The van der Waals surface area contributed by atoms with Crippen LogP contribution in [0.2, 0.25) is 0 Å². The van der Waals surface area contributed by atoms with Gasteiger partial charge in [0.05, 0.1) is 11.5 Å². The zero-order valence-corrected chi connectivity index (χ0v) is 10.9. The molecule has 1 atom stereocenters. The van der Waals surface area contributed by atoms with Gasteiger partial charge in [0.2, 0.25) is 0 Å². The maximum atomic E-state index is 12.2. The van der Waals surface area contributed by atoms with Crippen molar-refractivity contribution in [1.29, 1.82) is 0 Å². The summed E-state index contributed by atoms with van der Waals surface area (Å²) >= 11 is 0. The summed E-state index contributed by atoms with van der Waals surface area (Å²) in [6, 6.07) is 2.76. The van der Waals surface area contributed by atoms with Gasteiger partial charge < -0.3 is 10.6 Å². The van der Waals surface area contributed by atoms with Crippen LogP contribution in [0.5, 0.6) is 0 Å². The number of carbonyl (C=O) groups is 1. The second-order valence-corrected chi connectivity index (χ2v) is 6.67. The van der Waals surface area contributed by atoms with E-state index in [1.807, 2.05) is 0 Å². The molecule has 1 aromatic rings. The van der Waals surface area contributed by atoms with Gasteiger partial charge in [0.25, 0.3) is 5.91 Å². The molecule has 1 saturated heterocycles. The fourth-order valence-corrected chi connectivity index (χ4v) is 3.57. The Kier molecular flexibility index (Phi) is 3.25. The lowest BCUT2D eigenvalue weighted by molar-refractivity contribution is 0.0706. The molecule has 0 aliphatic carbocycles. The van der Waals surface area contributed by atoms with E-state index in [0.717, 1.165) is 0 Å². The number of nitrogens with zero attached hydrogens (tertiary/aromatic N) is 2. The molecule has 7 heteroatoms. The van der Waals surface area contributed by atoms with E-state index in [2.05, 4.69) is 4.98 Å². The first-order chi connectivity index (χ1) is 8.39. The zero-order valence-electron chi connectivity index (χ0n) is 10.0. The molecule has 0 aromatic carbocycles. The molecule has 18 heavy (non-hydrogen) atoms. The fraction of sp³-hybridized carbons (Fsp3) is 0.455. The Balaban J connectivity index is 2.20. The molecule has 0 spiro atoms. The Morgan fingerprint density at radius 3 is 2.89 bits per heavy atom. The Labute approximate surface area is 106 Å². The van der Waals surface area contributed by atoms with Crippen LogP contribution >= 0.6 is 0 Å². The van der Waals surface area contributed by atoms with Gasteiger partial charge in [-0.25, -0.2) is 8.42 Å². The molecule has 0 radical (unpaired) electrons. The smallest absolute Gasteiger partial charge is 0.272 e. The number of pyridine rings is 1. The fourth-order valence-electron chi connectivity index (χ4n) is 2.01. The van der Waals surface area contributed by atoms with Crippen LogP contribution in [0, 0.1) is 0 Å². The molecule has 0 bridgehead atoms. The van der Waals surface area contributed by atoms with Crippen LogP contribution in [0.4, 0.5) is 5.69 Å². The summed E-state index contributed by atoms with van der Waals surface area (Å²) in [4.78, 5) is 17.7. The number of nitrogen functional groups attached to an aromatic ring is 1. The third-order valence-corrected chi connectivity index (χ3v) is 4.73. The number of carbonyl (C=O) groups excluding carboxylic acids is 1. The van der Waals surface area contributed by atoms with Gasteiger partial charge in [-0.1, -0.05) is 0 Å². The molecule has 1 aliphatic rings. The SMILES string of the molecule is CC1CS(=O)(=O)CCN1C(=O)c1cc(N)ccn1. The number of anilines is 1. The molecule has 0 saturated carbocycles. The first-order valence-electron chi connectivity index (χ1n) is 5.62. The average molecular weight is 269 g/mol. The molecule has 1 amide bonds. The molecule has 2 heterocycles. The van der Waals surface area contributed by atoms with E-state index >= 15 is 0 Å². The predicted octanol–water partition coefficient (Wildman–Crippen LogP) is -0.0771. The minimum absolute atomic E-state index is 0.00105. The van der Waals surface area contributed by atoms with Crippen LogP contribution in [-0.4, -0.2) is 48.3 Å². The van der Waals surface area contributed by atoms with Crippen molar-refractivity contribution in [2.45, 2.75) is 13.0 Å². The van der Waals surface area contributed by atoms with E-state index < -0.39 is 9.84 Å². The number of amides is 1. The molecule has 1 aliphatic heterocycles. The van der Waals surface area contributed by atoms with Crippen LogP contribution < -0.4 is 5.73 Å². The molecule has 2 N–H and O–H groups in total. The summed E-state index contributed by atoms with van der Waals surface area (Å²) in [6.07, 6.45) is 1.47. The largest absolute Gasteiger partial charge is 0.399 e. The van der Waals surface area contributed by atoms with E-state index in [4.69, 9.17) is 5.73 Å². The summed E-state index contributed by atoms with van der Waals surface area (Å²) in [5.74, 6) is -0.267. The lowest BCUT2D eigenvalue weighted by Crippen LogP contribution is -2.49. The van der Waals surface area contributed by atoms with Gasteiger partial charge in [0, 0.05) is 24.5 Å². The summed E-state index contributed by atoms with van der Waals surface area (Å²) in [5.41, 5.74) is 6.31. The zero-order chi connectivity index (χ0) is 13.3. The molecule has 1 fully saturated rings. The molecule has 1 unspecified atom stereocenters. The lowest BCUT2D eigenvalue weighted by atomic mass is 10.2. The third-order valence-electron chi connectivity index (χ3n) is 2.93. The Morgan fingerprint density at radius 2 is 2.28 bits per heavy atom. The van der Waals surface area contributed by atoms with Gasteiger partial charge in [-0.15, -0.1) is 0 Å². The number of hydrogen-bond donors (Lipinski definition) is 1. The van der Waals surface area contributed by atoms with Crippen molar-refractivity contribution >= 4 is 21.4 Å². The minimum atomic E-state index is -3.03. The van der Waals surface area contributed by atoms with Crippen molar-refractivity contribution in [3.63, 3.8) is 0 Å². The monoisotopic (exact) mass is 269 g/mol. The Bertz CT molecular complexity index is 571. The van der Waals surface area contributed by atoms with Crippen molar-refractivity contribution in [2.24, 2.45) is 0 Å². The van der Waals surface area contributed by atoms with E-state index in [0.29, 0.717) is 5.69 Å². The first kappa shape index (κ1) is 12.8. The van der Waals surface area contributed by atoms with Crippen LogP contribution in [0.15, 0.2) is 18.3 Å². The molecule has 1 aromatic heterocycles. The first-order valence-corrected chi connectivity index (χ1v) is 7.44. The third kappa shape index (κ3) is 2.61. The number of nitrogens with two attached hydrogens (primary N) is 1. The Hall–Kier alpha value is -1.63. The van der Waals surface area contributed by atoms with Gasteiger partial charge in [0.1, 0.15) is 5.69 Å². The maximum absolute atomic E-state index is 12.2. The van der Waals surface area contributed by atoms with Crippen LogP contribution in [0.25, 0.3) is 0 Å². The Morgan fingerprint density at radius 1 is 1.56 bits per heavy atom. The standard InChI is InChI=1S/C11H15N3O3S/c1-8-7-18(16,17)5-4-14(8)11(15)10-6-9(12)2-3-13-10/h2-3,6,8H,4-5,7H2,1H3,(H2,12,13). The minimum Gasteiger partial charge on any atom is -0.399 e. The van der Waals surface area contributed by atoms with Gasteiger partial charge in [0.15, 0.2) is 9.84 Å². The molecule has 2 rings (SSSR count). The van der Waals surface area contributed by atoms with Crippen LogP contribution in [0.3, 0.4) is 0 Å².